The van der Waals surface area contributed by atoms with E-state index in [0.717, 1.165) is 18.1 Å². The van der Waals surface area contributed by atoms with Crippen LogP contribution in [0.5, 0.6) is 0 Å². The molecule has 4 nitrogen and oxygen atoms in total. The molecule has 0 amide bonds. The number of esters is 1. The van der Waals surface area contributed by atoms with Crippen molar-refractivity contribution in [1.82, 2.24) is 4.98 Å². The van der Waals surface area contributed by atoms with Gasteiger partial charge in [-0.15, -0.1) is 0 Å². The zero-order valence-electron chi connectivity index (χ0n) is 11.6. The molecule has 0 bridgehead atoms. The molecule has 0 aliphatic carbocycles. The Morgan fingerprint density at radius 3 is 2.95 bits per heavy atom. The highest BCUT2D eigenvalue weighted by Crippen LogP contribution is 2.27. The smallest absolute Gasteiger partial charge is 0.339 e. The maximum absolute atomic E-state index is 11.6. The van der Waals surface area contributed by atoms with Gasteiger partial charge in [0, 0.05) is 29.8 Å². The van der Waals surface area contributed by atoms with Crippen LogP contribution in [0.4, 0.5) is 5.82 Å². The number of ether oxygens (including phenoxy) is 1. The molecule has 2 heterocycles. The van der Waals surface area contributed by atoms with E-state index in [1.807, 2.05) is 17.8 Å². The van der Waals surface area contributed by atoms with Gasteiger partial charge in [-0.05, 0) is 26.0 Å². The van der Waals surface area contributed by atoms with Crippen LogP contribution in [0.3, 0.4) is 0 Å². The zero-order valence-corrected chi connectivity index (χ0v) is 12.4. The second-order valence-electron chi connectivity index (χ2n) is 4.64. The molecule has 19 heavy (non-hydrogen) atoms. The molecule has 0 saturated carbocycles. The zero-order chi connectivity index (χ0) is 13.8. The average Bonchev–Trinajstić information content (AvgIpc) is 2.42. The van der Waals surface area contributed by atoms with Gasteiger partial charge in [0.15, 0.2) is 0 Å². The molecular formula is C14H20N2O2S. The third-order valence-electron chi connectivity index (χ3n) is 3.44. The van der Waals surface area contributed by atoms with Crippen molar-refractivity contribution in [3.05, 3.63) is 23.9 Å². The van der Waals surface area contributed by atoms with Crippen LogP contribution in [0.1, 0.15) is 31.1 Å². The van der Waals surface area contributed by atoms with Gasteiger partial charge in [0.05, 0.1) is 12.2 Å². The van der Waals surface area contributed by atoms with E-state index in [0.29, 0.717) is 23.5 Å². The lowest BCUT2D eigenvalue weighted by Gasteiger charge is -2.38. The van der Waals surface area contributed by atoms with Crippen LogP contribution < -0.4 is 4.90 Å². The Morgan fingerprint density at radius 1 is 1.53 bits per heavy atom. The number of hydrogen-bond acceptors (Lipinski definition) is 5. The van der Waals surface area contributed by atoms with E-state index in [2.05, 4.69) is 23.7 Å². The van der Waals surface area contributed by atoms with Crippen molar-refractivity contribution in [2.75, 3.05) is 23.8 Å². The minimum atomic E-state index is -0.308. The normalized spacial score (nSPS) is 23.2. The number of carbonyl (C=O) groups is 1. The van der Waals surface area contributed by atoms with E-state index in [9.17, 15) is 4.79 Å². The number of aromatic nitrogens is 1. The first-order valence-electron chi connectivity index (χ1n) is 6.65. The van der Waals surface area contributed by atoms with Gasteiger partial charge in [0.1, 0.15) is 5.82 Å². The molecular weight excluding hydrogens is 260 g/mol. The van der Waals surface area contributed by atoms with Crippen LogP contribution in [0.25, 0.3) is 0 Å². The number of hydrogen-bond donors (Lipinski definition) is 0. The van der Waals surface area contributed by atoms with E-state index >= 15 is 0 Å². The molecule has 1 aromatic rings. The second kappa shape index (κ2) is 6.28. The molecule has 0 spiro atoms. The van der Waals surface area contributed by atoms with Gasteiger partial charge in [-0.2, -0.15) is 11.8 Å². The van der Waals surface area contributed by atoms with E-state index < -0.39 is 0 Å². The van der Waals surface area contributed by atoms with Crippen molar-refractivity contribution in [3.8, 4) is 0 Å². The maximum Gasteiger partial charge on any atom is 0.339 e. The minimum Gasteiger partial charge on any atom is -0.462 e. The van der Waals surface area contributed by atoms with Crippen molar-refractivity contribution in [1.29, 1.82) is 0 Å². The highest BCUT2D eigenvalue weighted by atomic mass is 32.2. The lowest BCUT2D eigenvalue weighted by Crippen LogP contribution is -2.45. The Kier molecular flexibility index (Phi) is 4.69. The molecule has 1 aliphatic heterocycles. The summed E-state index contributed by atoms with van der Waals surface area (Å²) < 4.78 is 4.96. The number of anilines is 1. The van der Waals surface area contributed by atoms with Gasteiger partial charge in [-0.25, -0.2) is 9.78 Å². The number of pyridine rings is 1. The Morgan fingerprint density at radius 2 is 2.32 bits per heavy atom. The van der Waals surface area contributed by atoms with Crippen LogP contribution >= 0.6 is 11.8 Å². The molecule has 0 radical (unpaired) electrons. The number of nitrogens with zero attached hydrogens (tertiary/aromatic N) is 2. The SMILES string of the molecule is CCOC(=O)c1ccc(N2CCSC(C)C2C)nc1. The number of rotatable bonds is 3. The van der Waals surface area contributed by atoms with Crippen LogP contribution in [-0.2, 0) is 4.74 Å². The summed E-state index contributed by atoms with van der Waals surface area (Å²) in [6, 6.07) is 4.16. The second-order valence-corrected chi connectivity index (χ2v) is 6.12. The molecule has 2 unspecified atom stereocenters. The molecule has 1 aliphatic rings. The van der Waals surface area contributed by atoms with E-state index in [1.165, 1.54) is 0 Å². The third-order valence-corrected chi connectivity index (χ3v) is 4.78. The predicted molar refractivity (Wildman–Crippen MR) is 78.9 cm³/mol. The third kappa shape index (κ3) is 3.21. The molecule has 5 heteroatoms. The first-order chi connectivity index (χ1) is 9.13. The first kappa shape index (κ1) is 14.2. The fourth-order valence-corrected chi connectivity index (χ4v) is 3.25. The highest BCUT2D eigenvalue weighted by Gasteiger charge is 2.26. The quantitative estimate of drug-likeness (QED) is 0.796. The highest BCUT2D eigenvalue weighted by molar-refractivity contribution is 8.00. The van der Waals surface area contributed by atoms with Gasteiger partial charge < -0.3 is 9.64 Å². The fourth-order valence-electron chi connectivity index (χ4n) is 2.15. The molecule has 104 valence electrons. The minimum absolute atomic E-state index is 0.308. The van der Waals surface area contributed by atoms with Crippen LogP contribution in [-0.4, -0.2) is 41.1 Å². The Hall–Kier alpha value is -1.23. The summed E-state index contributed by atoms with van der Waals surface area (Å²) in [4.78, 5) is 18.3. The summed E-state index contributed by atoms with van der Waals surface area (Å²) in [5.41, 5.74) is 0.512. The van der Waals surface area contributed by atoms with Gasteiger partial charge in [-0.3, -0.25) is 0 Å². The van der Waals surface area contributed by atoms with Crippen LogP contribution in [0.15, 0.2) is 18.3 Å². The fraction of sp³-hybridized carbons (Fsp3) is 0.571. The monoisotopic (exact) mass is 280 g/mol. The van der Waals surface area contributed by atoms with Crippen LogP contribution in [0, 0.1) is 0 Å². The Bertz CT molecular complexity index is 436. The topological polar surface area (TPSA) is 42.4 Å². The van der Waals surface area contributed by atoms with E-state index in [4.69, 9.17) is 4.74 Å². The number of thioether (sulfide) groups is 1. The molecule has 2 atom stereocenters. The molecule has 0 aromatic carbocycles. The maximum atomic E-state index is 11.6. The van der Waals surface area contributed by atoms with Crippen molar-refractivity contribution in [3.63, 3.8) is 0 Å². The van der Waals surface area contributed by atoms with Crippen molar-refractivity contribution in [2.24, 2.45) is 0 Å². The lowest BCUT2D eigenvalue weighted by atomic mass is 10.2. The summed E-state index contributed by atoms with van der Waals surface area (Å²) in [6.45, 7) is 7.65. The van der Waals surface area contributed by atoms with Gasteiger partial charge >= 0.3 is 5.97 Å². The Balaban J connectivity index is 2.11. The molecule has 1 fully saturated rings. The summed E-state index contributed by atoms with van der Waals surface area (Å²) in [6.07, 6.45) is 1.60. The standard InChI is InChI=1S/C14H20N2O2S/c1-4-18-14(17)12-5-6-13(15-9-12)16-7-8-19-11(3)10(16)2/h5-6,9-11H,4,7-8H2,1-3H3. The van der Waals surface area contributed by atoms with Crippen molar-refractivity contribution >= 4 is 23.5 Å². The van der Waals surface area contributed by atoms with Gasteiger partial charge in [0.25, 0.3) is 0 Å². The van der Waals surface area contributed by atoms with Crippen LogP contribution in [0.2, 0.25) is 0 Å². The number of carbonyl (C=O) groups excluding carboxylic acids is 1. The van der Waals surface area contributed by atoms with E-state index in [-0.39, 0.29) is 5.97 Å². The summed E-state index contributed by atoms with van der Waals surface area (Å²) in [5, 5.41) is 0.597. The Labute approximate surface area is 118 Å². The molecule has 2 rings (SSSR count). The average molecular weight is 280 g/mol. The summed E-state index contributed by atoms with van der Waals surface area (Å²) >= 11 is 2.00. The van der Waals surface area contributed by atoms with Gasteiger partial charge in [-0.1, -0.05) is 6.92 Å². The molecule has 0 N–H and O–H groups in total. The molecule has 1 saturated heterocycles. The van der Waals surface area contributed by atoms with Crippen molar-refractivity contribution < 1.29 is 9.53 Å². The molecule has 1 aromatic heterocycles. The van der Waals surface area contributed by atoms with Gasteiger partial charge in [0.2, 0.25) is 0 Å². The largest absolute Gasteiger partial charge is 0.462 e. The summed E-state index contributed by atoms with van der Waals surface area (Å²) in [5.74, 6) is 1.75. The lowest BCUT2D eigenvalue weighted by molar-refractivity contribution is 0.0526. The first-order valence-corrected chi connectivity index (χ1v) is 7.69. The van der Waals surface area contributed by atoms with Crippen molar-refractivity contribution in [2.45, 2.75) is 32.1 Å². The summed E-state index contributed by atoms with van der Waals surface area (Å²) in [7, 11) is 0. The predicted octanol–water partition coefficient (Wildman–Crippen LogP) is 2.59. The van der Waals surface area contributed by atoms with E-state index in [1.54, 1.807) is 19.2 Å².